The molecule has 0 spiro atoms. The number of fused-ring (bicyclic) bond motifs is 1. The first-order valence-corrected chi connectivity index (χ1v) is 11.4. The topological polar surface area (TPSA) is 80.1 Å². The number of ether oxygens (including phenoxy) is 1. The molecule has 2 aromatic rings. The molecule has 10 heteroatoms. The Morgan fingerprint density at radius 1 is 1.12 bits per heavy atom. The van der Waals surface area contributed by atoms with Gasteiger partial charge in [-0.15, -0.1) is 0 Å². The molecule has 0 aliphatic carbocycles. The minimum atomic E-state index is -4.68. The zero-order valence-electron chi connectivity index (χ0n) is 19.5. The van der Waals surface area contributed by atoms with Gasteiger partial charge in [0, 0.05) is 29.6 Å². The highest BCUT2D eigenvalue weighted by Gasteiger charge is 2.37. The third kappa shape index (κ3) is 5.53. The molecular weight excluding hydrogens is 453 g/mol. The second-order valence-electron chi connectivity index (χ2n) is 8.60. The summed E-state index contributed by atoms with van der Waals surface area (Å²) in [5, 5.41) is -0.168. The molecule has 0 bridgehead atoms. The van der Waals surface area contributed by atoms with Crippen molar-refractivity contribution in [2.75, 3.05) is 19.7 Å². The summed E-state index contributed by atoms with van der Waals surface area (Å²) in [7, 11) is 0. The number of imide groups is 1. The number of carbonyl (C=O) groups is 2. The number of hydrogen-bond donors (Lipinski definition) is 0. The van der Waals surface area contributed by atoms with Gasteiger partial charge in [0.15, 0.2) is 0 Å². The van der Waals surface area contributed by atoms with Gasteiger partial charge in [0.25, 0.3) is 0 Å². The highest BCUT2D eigenvalue weighted by Crippen LogP contribution is 2.37. The van der Waals surface area contributed by atoms with Crippen LogP contribution < -0.4 is 10.4 Å². The Balaban J connectivity index is 1.62. The van der Waals surface area contributed by atoms with E-state index < -0.39 is 17.4 Å². The van der Waals surface area contributed by atoms with Crippen LogP contribution in [-0.2, 0) is 17.4 Å². The second-order valence-corrected chi connectivity index (χ2v) is 8.60. The van der Waals surface area contributed by atoms with Gasteiger partial charge in [-0.05, 0) is 51.7 Å². The summed E-state index contributed by atoms with van der Waals surface area (Å²) in [5.74, 6) is 0.185. The van der Waals surface area contributed by atoms with Crippen molar-refractivity contribution in [1.82, 2.24) is 9.80 Å². The number of hydrogen-bond acceptors (Lipinski definition) is 5. The van der Waals surface area contributed by atoms with E-state index in [1.807, 2.05) is 20.8 Å². The SMILES string of the molecule is CCCc1c(OCCCCCN2C(=O)CN(C(C)C)C2=O)ccc2c(C(F)(F)F)cc(=O)oc12. The summed E-state index contributed by atoms with van der Waals surface area (Å²) in [6.07, 6.45) is -1.72. The van der Waals surface area contributed by atoms with Crippen molar-refractivity contribution in [3.8, 4) is 5.75 Å². The van der Waals surface area contributed by atoms with Crippen molar-refractivity contribution in [3.63, 3.8) is 0 Å². The van der Waals surface area contributed by atoms with Crippen LogP contribution in [0.5, 0.6) is 5.75 Å². The van der Waals surface area contributed by atoms with E-state index in [0.717, 1.165) is 0 Å². The molecule has 1 fully saturated rings. The number of carbonyl (C=O) groups excluding carboxylic acids is 2. The summed E-state index contributed by atoms with van der Waals surface area (Å²) in [6.45, 7) is 6.33. The fraction of sp³-hybridized carbons (Fsp3) is 0.542. The number of amides is 3. The fourth-order valence-electron chi connectivity index (χ4n) is 4.04. The van der Waals surface area contributed by atoms with Gasteiger partial charge >= 0.3 is 17.8 Å². The van der Waals surface area contributed by atoms with Crippen LogP contribution >= 0.6 is 0 Å². The van der Waals surface area contributed by atoms with Crippen LogP contribution in [0.4, 0.5) is 18.0 Å². The Morgan fingerprint density at radius 3 is 2.47 bits per heavy atom. The molecule has 34 heavy (non-hydrogen) atoms. The van der Waals surface area contributed by atoms with E-state index in [1.54, 1.807) is 0 Å². The molecule has 0 atom stereocenters. The highest BCUT2D eigenvalue weighted by atomic mass is 19.4. The first-order valence-electron chi connectivity index (χ1n) is 11.4. The van der Waals surface area contributed by atoms with Crippen molar-refractivity contribution in [2.45, 2.75) is 65.1 Å². The Labute approximate surface area is 195 Å². The maximum absolute atomic E-state index is 13.4. The van der Waals surface area contributed by atoms with Gasteiger partial charge in [-0.1, -0.05) is 13.3 Å². The molecule has 3 rings (SSSR count). The van der Waals surface area contributed by atoms with Crippen LogP contribution in [-0.4, -0.2) is 47.5 Å². The van der Waals surface area contributed by atoms with Gasteiger partial charge in [0.2, 0.25) is 5.91 Å². The molecule has 0 N–H and O–H groups in total. The molecule has 1 saturated heterocycles. The van der Waals surface area contributed by atoms with E-state index >= 15 is 0 Å². The number of halogens is 3. The van der Waals surface area contributed by atoms with Crippen molar-refractivity contribution in [3.05, 3.63) is 39.7 Å². The van der Waals surface area contributed by atoms with Crippen molar-refractivity contribution in [2.24, 2.45) is 0 Å². The van der Waals surface area contributed by atoms with Crippen LogP contribution in [0.2, 0.25) is 0 Å². The third-order valence-corrected chi connectivity index (χ3v) is 5.77. The van der Waals surface area contributed by atoms with E-state index in [-0.39, 0.29) is 35.5 Å². The van der Waals surface area contributed by atoms with Gasteiger partial charge in [-0.2, -0.15) is 13.2 Å². The maximum Gasteiger partial charge on any atom is 0.417 e. The summed E-state index contributed by atoms with van der Waals surface area (Å²) in [6, 6.07) is 2.90. The predicted octanol–water partition coefficient (Wildman–Crippen LogP) is 4.99. The first kappa shape index (κ1) is 25.6. The van der Waals surface area contributed by atoms with E-state index in [4.69, 9.17) is 9.15 Å². The average molecular weight is 482 g/mol. The molecular formula is C24H29F3N2O5. The van der Waals surface area contributed by atoms with Gasteiger partial charge < -0.3 is 14.1 Å². The Bertz CT molecular complexity index is 1110. The van der Waals surface area contributed by atoms with Crippen LogP contribution in [0.1, 0.15) is 57.6 Å². The number of urea groups is 1. The lowest BCUT2D eigenvalue weighted by molar-refractivity contribution is -0.136. The number of rotatable bonds is 10. The van der Waals surface area contributed by atoms with E-state index in [9.17, 15) is 27.6 Å². The molecule has 1 aliphatic heterocycles. The molecule has 1 aliphatic rings. The quantitative estimate of drug-likeness (QED) is 0.271. The largest absolute Gasteiger partial charge is 0.493 e. The smallest absolute Gasteiger partial charge is 0.417 e. The standard InChI is InChI=1S/C24H29F3N2O5/c1-4-8-17-19(10-9-16-18(24(25,26)27)13-21(31)34-22(16)17)33-12-7-5-6-11-28-20(30)14-29(15(2)3)23(28)32/h9-10,13,15H,4-8,11-12,14H2,1-3H3. The minimum Gasteiger partial charge on any atom is -0.493 e. The number of aryl methyl sites for hydroxylation is 1. The zero-order chi connectivity index (χ0) is 25.0. The first-order chi connectivity index (χ1) is 16.0. The predicted molar refractivity (Wildman–Crippen MR) is 120 cm³/mol. The van der Waals surface area contributed by atoms with Gasteiger partial charge in [-0.25, -0.2) is 9.59 Å². The van der Waals surface area contributed by atoms with Crippen LogP contribution in [0.15, 0.2) is 27.4 Å². The normalized spacial score (nSPS) is 14.7. The molecule has 7 nitrogen and oxygen atoms in total. The molecule has 0 unspecified atom stereocenters. The van der Waals surface area contributed by atoms with Crippen LogP contribution in [0.3, 0.4) is 0 Å². The molecule has 2 heterocycles. The Morgan fingerprint density at radius 2 is 1.85 bits per heavy atom. The number of unbranched alkanes of at least 4 members (excludes halogenated alkanes) is 2. The molecule has 3 amide bonds. The summed E-state index contributed by atoms with van der Waals surface area (Å²) in [5.41, 5.74) is -1.74. The average Bonchev–Trinajstić information content (AvgIpc) is 3.04. The maximum atomic E-state index is 13.4. The molecule has 1 aromatic carbocycles. The zero-order valence-corrected chi connectivity index (χ0v) is 19.5. The van der Waals surface area contributed by atoms with Crippen molar-refractivity contribution >= 4 is 22.9 Å². The van der Waals surface area contributed by atoms with Gasteiger partial charge in [-0.3, -0.25) is 9.69 Å². The van der Waals surface area contributed by atoms with Crippen molar-refractivity contribution in [1.29, 1.82) is 0 Å². The van der Waals surface area contributed by atoms with Gasteiger partial charge in [0.1, 0.15) is 17.9 Å². The van der Waals surface area contributed by atoms with E-state index in [1.165, 1.54) is 21.9 Å². The molecule has 1 aromatic heterocycles. The summed E-state index contributed by atoms with van der Waals surface area (Å²) >= 11 is 0. The monoisotopic (exact) mass is 482 g/mol. The second kappa shape index (κ2) is 10.5. The lowest BCUT2D eigenvalue weighted by Crippen LogP contribution is -2.37. The van der Waals surface area contributed by atoms with Crippen LogP contribution in [0, 0.1) is 0 Å². The van der Waals surface area contributed by atoms with Gasteiger partial charge in [0.05, 0.1) is 12.2 Å². The fourth-order valence-corrected chi connectivity index (χ4v) is 4.04. The minimum absolute atomic E-state index is 0.0363. The lowest BCUT2D eigenvalue weighted by atomic mass is 10.0. The Kier molecular flexibility index (Phi) is 7.89. The summed E-state index contributed by atoms with van der Waals surface area (Å²) in [4.78, 5) is 38.9. The van der Waals surface area contributed by atoms with Crippen LogP contribution in [0.25, 0.3) is 11.0 Å². The number of alkyl halides is 3. The summed E-state index contributed by atoms with van der Waals surface area (Å²) < 4.78 is 51.2. The molecule has 0 saturated carbocycles. The number of benzene rings is 1. The van der Waals surface area contributed by atoms with E-state index in [0.29, 0.717) is 62.6 Å². The van der Waals surface area contributed by atoms with E-state index in [2.05, 4.69) is 0 Å². The third-order valence-electron chi connectivity index (χ3n) is 5.77. The highest BCUT2D eigenvalue weighted by molar-refractivity contribution is 6.02. The Hall–Kier alpha value is -3.04. The van der Waals surface area contributed by atoms with Crippen molar-refractivity contribution < 1.29 is 31.9 Å². The molecule has 0 radical (unpaired) electrons. The number of nitrogens with zero attached hydrogens (tertiary/aromatic N) is 2. The lowest BCUT2D eigenvalue weighted by Gasteiger charge is -2.20. The molecule has 186 valence electrons.